The molecule has 0 aromatic heterocycles. The van der Waals surface area contributed by atoms with Crippen molar-refractivity contribution < 1.29 is 8.42 Å². The van der Waals surface area contributed by atoms with E-state index in [1.54, 1.807) is 12.1 Å². The fourth-order valence-electron chi connectivity index (χ4n) is 3.17. The Hall–Kier alpha value is -0.870. The van der Waals surface area contributed by atoms with Crippen LogP contribution >= 0.6 is 0 Å². The highest BCUT2D eigenvalue weighted by Crippen LogP contribution is 2.36. The zero-order valence-corrected chi connectivity index (χ0v) is 13.2. The Bertz CT molecular complexity index is 528. The van der Waals surface area contributed by atoms with E-state index in [1.807, 2.05) is 12.1 Å². The molecular weight excluding hydrogens is 270 g/mol. The molecule has 1 aliphatic rings. The highest BCUT2D eigenvalue weighted by atomic mass is 32.2. The van der Waals surface area contributed by atoms with Gasteiger partial charge in [-0.15, -0.1) is 0 Å². The average Bonchev–Trinajstić information content (AvgIpc) is 2.46. The summed E-state index contributed by atoms with van der Waals surface area (Å²) in [5.74, 6) is 1.40. The van der Waals surface area contributed by atoms with Gasteiger partial charge in [-0.1, -0.05) is 38.3 Å². The second-order valence-electron chi connectivity index (χ2n) is 6.06. The summed E-state index contributed by atoms with van der Waals surface area (Å²) in [6.45, 7) is 2.26. The molecule has 0 aliphatic heterocycles. The molecular formula is C16H25NO2S. The highest BCUT2D eigenvalue weighted by molar-refractivity contribution is 7.90. The van der Waals surface area contributed by atoms with Gasteiger partial charge in [0, 0.05) is 12.3 Å². The Morgan fingerprint density at radius 2 is 1.70 bits per heavy atom. The minimum Gasteiger partial charge on any atom is -0.324 e. The topological polar surface area (TPSA) is 60.2 Å². The summed E-state index contributed by atoms with van der Waals surface area (Å²) in [6, 6.07) is 7.10. The number of nitrogens with two attached hydrogens (primary N) is 1. The lowest BCUT2D eigenvalue weighted by molar-refractivity contribution is 0.240. The van der Waals surface area contributed by atoms with Gasteiger partial charge in [0.25, 0.3) is 0 Å². The largest absolute Gasteiger partial charge is 0.324 e. The van der Waals surface area contributed by atoms with Crippen molar-refractivity contribution in [3.8, 4) is 0 Å². The van der Waals surface area contributed by atoms with Crippen molar-refractivity contribution >= 4 is 9.84 Å². The maximum Gasteiger partial charge on any atom is 0.175 e. The Morgan fingerprint density at radius 1 is 1.15 bits per heavy atom. The molecule has 0 radical (unpaired) electrons. The summed E-state index contributed by atoms with van der Waals surface area (Å²) in [5.41, 5.74) is 7.42. The van der Waals surface area contributed by atoms with Gasteiger partial charge in [0.05, 0.1) is 4.90 Å². The monoisotopic (exact) mass is 295 g/mol. The first-order valence-electron chi connectivity index (χ1n) is 7.47. The van der Waals surface area contributed by atoms with Crippen LogP contribution in [0.2, 0.25) is 0 Å². The van der Waals surface area contributed by atoms with E-state index in [2.05, 4.69) is 6.92 Å². The molecule has 1 fully saturated rings. The summed E-state index contributed by atoms with van der Waals surface area (Å²) in [4.78, 5) is 0.364. The van der Waals surface area contributed by atoms with Gasteiger partial charge in [0.1, 0.15) is 0 Å². The number of hydrogen-bond acceptors (Lipinski definition) is 3. The van der Waals surface area contributed by atoms with Gasteiger partial charge in [-0.2, -0.15) is 0 Å². The first-order chi connectivity index (χ1) is 9.41. The van der Waals surface area contributed by atoms with Crippen LogP contribution in [0.1, 0.15) is 50.6 Å². The van der Waals surface area contributed by atoms with Crippen LogP contribution in [0, 0.1) is 11.8 Å². The summed E-state index contributed by atoms with van der Waals surface area (Å²) in [7, 11) is -3.12. The number of sulfone groups is 1. The molecule has 1 unspecified atom stereocenters. The molecule has 0 heterocycles. The number of rotatable bonds is 4. The second kappa shape index (κ2) is 6.27. The van der Waals surface area contributed by atoms with Crippen molar-refractivity contribution in [2.24, 2.45) is 17.6 Å². The third-order valence-electron chi connectivity index (χ3n) is 4.67. The lowest BCUT2D eigenvalue weighted by Crippen LogP contribution is -2.26. The van der Waals surface area contributed by atoms with Crippen molar-refractivity contribution in [1.29, 1.82) is 0 Å². The van der Waals surface area contributed by atoms with Crippen LogP contribution in [0.3, 0.4) is 0 Å². The molecule has 1 aromatic rings. The lowest BCUT2D eigenvalue weighted by atomic mass is 9.76. The van der Waals surface area contributed by atoms with Gasteiger partial charge in [0.15, 0.2) is 9.84 Å². The molecule has 112 valence electrons. The van der Waals surface area contributed by atoms with Gasteiger partial charge in [0.2, 0.25) is 0 Å². The van der Waals surface area contributed by atoms with Crippen LogP contribution in [0.5, 0.6) is 0 Å². The molecule has 1 aromatic carbocycles. The van der Waals surface area contributed by atoms with Gasteiger partial charge >= 0.3 is 0 Å². The predicted octanol–water partition coefficient (Wildman–Crippen LogP) is 3.31. The van der Waals surface area contributed by atoms with E-state index in [1.165, 1.54) is 38.4 Å². The van der Waals surface area contributed by atoms with Crippen molar-refractivity contribution in [3.05, 3.63) is 29.8 Å². The van der Waals surface area contributed by atoms with Gasteiger partial charge in [-0.05, 0) is 42.4 Å². The Kier molecular flexibility index (Phi) is 4.86. The van der Waals surface area contributed by atoms with E-state index < -0.39 is 9.84 Å². The van der Waals surface area contributed by atoms with Crippen LogP contribution in [0.15, 0.2) is 29.2 Å². The van der Waals surface area contributed by atoms with Crippen molar-refractivity contribution in [2.75, 3.05) is 6.26 Å². The smallest absolute Gasteiger partial charge is 0.175 e. The maximum absolute atomic E-state index is 11.5. The molecule has 1 aliphatic carbocycles. The van der Waals surface area contributed by atoms with E-state index in [0.717, 1.165) is 11.5 Å². The molecule has 3 nitrogen and oxygen atoms in total. The van der Waals surface area contributed by atoms with Crippen LogP contribution in [-0.2, 0) is 9.84 Å². The number of hydrogen-bond donors (Lipinski definition) is 1. The quantitative estimate of drug-likeness (QED) is 0.927. The van der Waals surface area contributed by atoms with Crippen LogP contribution in [0.4, 0.5) is 0 Å². The fraction of sp³-hybridized carbons (Fsp3) is 0.625. The summed E-state index contributed by atoms with van der Waals surface area (Å²) < 4.78 is 22.9. The summed E-state index contributed by atoms with van der Waals surface area (Å²) >= 11 is 0. The second-order valence-corrected chi connectivity index (χ2v) is 8.07. The normalized spacial score (nSPS) is 25.4. The molecule has 1 atom stereocenters. The summed E-state index contributed by atoms with van der Waals surface area (Å²) in [5, 5.41) is 0. The van der Waals surface area contributed by atoms with Crippen molar-refractivity contribution in [1.82, 2.24) is 0 Å². The zero-order chi connectivity index (χ0) is 14.8. The molecule has 0 amide bonds. The molecule has 2 N–H and O–H groups in total. The van der Waals surface area contributed by atoms with Gasteiger partial charge in [-0.3, -0.25) is 0 Å². The van der Waals surface area contributed by atoms with Gasteiger partial charge in [-0.25, -0.2) is 8.42 Å². The highest BCUT2D eigenvalue weighted by Gasteiger charge is 2.25. The van der Waals surface area contributed by atoms with E-state index in [4.69, 9.17) is 5.73 Å². The van der Waals surface area contributed by atoms with E-state index in [9.17, 15) is 8.42 Å². The molecule has 4 heteroatoms. The maximum atomic E-state index is 11.5. The van der Waals surface area contributed by atoms with E-state index in [-0.39, 0.29) is 6.04 Å². The van der Waals surface area contributed by atoms with E-state index in [0.29, 0.717) is 10.8 Å². The van der Waals surface area contributed by atoms with Crippen LogP contribution < -0.4 is 5.73 Å². The van der Waals surface area contributed by atoms with Crippen LogP contribution in [-0.4, -0.2) is 14.7 Å². The van der Waals surface area contributed by atoms with Crippen LogP contribution in [0.25, 0.3) is 0 Å². The Morgan fingerprint density at radius 3 is 2.15 bits per heavy atom. The Labute approximate surface area is 122 Å². The minimum absolute atomic E-state index is 0.0291. The zero-order valence-electron chi connectivity index (χ0n) is 12.4. The Balaban J connectivity index is 2.05. The first kappa shape index (κ1) is 15.5. The lowest BCUT2D eigenvalue weighted by Gasteiger charge is -2.32. The third-order valence-corrected chi connectivity index (χ3v) is 5.80. The predicted molar refractivity (Wildman–Crippen MR) is 82.2 cm³/mol. The molecule has 20 heavy (non-hydrogen) atoms. The number of benzene rings is 1. The minimum atomic E-state index is -3.12. The first-order valence-corrected chi connectivity index (χ1v) is 9.36. The van der Waals surface area contributed by atoms with Crippen molar-refractivity contribution in [3.63, 3.8) is 0 Å². The molecule has 0 bridgehead atoms. The SMILES string of the molecule is CCC1CCC(C(N)c2ccc(S(C)(=O)=O)cc2)CC1. The molecule has 0 saturated heterocycles. The average molecular weight is 295 g/mol. The standard InChI is InChI=1S/C16H25NO2S/c1-3-12-4-6-13(7-5-12)16(17)14-8-10-15(11-9-14)20(2,18)19/h8-13,16H,3-7,17H2,1-2H3. The molecule has 1 saturated carbocycles. The molecule has 0 spiro atoms. The van der Waals surface area contributed by atoms with Gasteiger partial charge < -0.3 is 5.73 Å². The third kappa shape index (κ3) is 3.61. The fourth-order valence-corrected chi connectivity index (χ4v) is 3.80. The summed E-state index contributed by atoms with van der Waals surface area (Å²) in [6.07, 6.45) is 7.42. The van der Waals surface area contributed by atoms with E-state index >= 15 is 0 Å². The molecule has 2 rings (SSSR count). The van der Waals surface area contributed by atoms with Crippen molar-refractivity contribution in [2.45, 2.75) is 50.0 Å².